The summed E-state index contributed by atoms with van der Waals surface area (Å²) >= 11 is 5.52. The fourth-order valence-corrected chi connectivity index (χ4v) is 4.46. The summed E-state index contributed by atoms with van der Waals surface area (Å²) < 4.78 is 30.8. The van der Waals surface area contributed by atoms with E-state index in [1.807, 2.05) is 0 Å². The van der Waals surface area contributed by atoms with Gasteiger partial charge in [-0.1, -0.05) is 18.3 Å². The van der Waals surface area contributed by atoms with Crippen molar-refractivity contribution in [1.82, 2.24) is 20.5 Å². The summed E-state index contributed by atoms with van der Waals surface area (Å²) in [6, 6.07) is 6.17. The molecule has 202 valence electrons. The van der Waals surface area contributed by atoms with Crippen LogP contribution in [0, 0.1) is 5.82 Å². The van der Waals surface area contributed by atoms with Gasteiger partial charge in [0.2, 0.25) is 0 Å². The van der Waals surface area contributed by atoms with Gasteiger partial charge in [0.1, 0.15) is 23.4 Å². The Morgan fingerprint density at radius 2 is 2.24 bits per heavy atom. The van der Waals surface area contributed by atoms with Crippen LogP contribution >= 0.6 is 12.2 Å². The summed E-state index contributed by atoms with van der Waals surface area (Å²) in [6.07, 6.45) is 2.30. The quantitative estimate of drug-likeness (QED) is 0.348. The number of carbonyl (C=O) groups excluding carboxylic acids is 1. The molecule has 1 saturated heterocycles. The smallest absolute Gasteiger partial charge is 0.407 e. The fourth-order valence-electron chi connectivity index (χ4n) is 4.13. The van der Waals surface area contributed by atoms with Gasteiger partial charge in [0, 0.05) is 43.5 Å². The number of amides is 2. The molecule has 38 heavy (non-hydrogen) atoms. The molecule has 2 aliphatic heterocycles. The molecule has 0 radical (unpaired) electrons. The summed E-state index contributed by atoms with van der Waals surface area (Å²) in [4.78, 5) is 29.5. The molecule has 1 fully saturated rings. The molecule has 1 aromatic heterocycles. The normalized spacial score (nSPS) is 17.5. The molecule has 13 heteroatoms. The maximum Gasteiger partial charge on any atom is 0.407 e. The highest BCUT2D eigenvalue weighted by molar-refractivity contribution is 7.81. The first-order valence-corrected chi connectivity index (χ1v) is 12.3. The lowest BCUT2D eigenvalue weighted by Crippen LogP contribution is -2.47. The molecule has 0 bridgehead atoms. The van der Waals surface area contributed by atoms with Crippen molar-refractivity contribution in [2.75, 3.05) is 45.3 Å². The van der Waals surface area contributed by atoms with Gasteiger partial charge in [-0.25, -0.2) is 9.18 Å². The first-order valence-electron chi connectivity index (χ1n) is 11.9. The van der Waals surface area contributed by atoms with Crippen LogP contribution in [-0.4, -0.2) is 78.0 Å². The van der Waals surface area contributed by atoms with E-state index in [0.29, 0.717) is 49.8 Å². The number of nitrogens with one attached hydrogen (secondary N) is 3. The Balaban J connectivity index is 1.45. The van der Waals surface area contributed by atoms with Gasteiger partial charge in [-0.3, -0.25) is 9.78 Å². The number of carboxylic acid groups (broad SMARTS) is 1. The number of hydrogen-bond acceptors (Lipinski definition) is 8. The SMILES string of the molecule is COc1c(F)cccc1NC(=S)C1=C(NCc2ccncc2OC[C@@H]2CN(C(=O)O)CCO2)CCNC1=O. The highest BCUT2D eigenvalue weighted by atomic mass is 32.1. The Labute approximate surface area is 224 Å². The van der Waals surface area contributed by atoms with Gasteiger partial charge < -0.3 is 40.2 Å². The van der Waals surface area contributed by atoms with Crippen molar-refractivity contribution < 1.29 is 33.3 Å². The Kier molecular flexibility index (Phi) is 8.92. The van der Waals surface area contributed by atoms with Crippen molar-refractivity contribution in [3.63, 3.8) is 0 Å². The fraction of sp³-hybridized carbons (Fsp3) is 0.360. The molecule has 3 heterocycles. The van der Waals surface area contributed by atoms with Crippen LogP contribution < -0.4 is 25.4 Å². The van der Waals surface area contributed by atoms with Crippen molar-refractivity contribution in [1.29, 1.82) is 0 Å². The largest absolute Gasteiger partial charge is 0.492 e. The van der Waals surface area contributed by atoms with E-state index >= 15 is 0 Å². The molecule has 0 spiro atoms. The Morgan fingerprint density at radius 3 is 3.03 bits per heavy atom. The molecule has 4 N–H and O–H groups in total. The summed E-state index contributed by atoms with van der Waals surface area (Å²) in [5.41, 5.74) is 1.95. The molecule has 1 aromatic carbocycles. The number of ether oxygens (including phenoxy) is 3. The van der Waals surface area contributed by atoms with Crippen LogP contribution in [0.3, 0.4) is 0 Å². The number of rotatable bonds is 9. The number of benzene rings is 1. The molecule has 0 unspecified atom stereocenters. The zero-order valence-electron chi connectivity index (χ0n) is 20.7. The third-order valence-corrected chi connectivity index (χ3v) is 6.34. The minimum atomic E-state index is -0.992. The van der Waals surface area contributed by atoms with E-state index in [4.69, 9.17) is 26.4 Å². The number of pyridine rings is 1. The monoisotopic (exact) mass is 545 g/mol. The van der Waals surface area contributed by atoms with Crippen molar-refractivity contribution in [2.24, 2.45) is 0 Å². The van der Waals surface area contributed by atoms with Gasteiger partial charge in [-0.15, -0.1) is 0 Å². The molecule has 11 nitrogen and oxygen atoms in total. The predicted octanol–water partition coefficient (Wildman–Crippen LogP) is 2.29. The number of hydrogen-bond donors (Lipinski definition) is 4. The molecule has 0 saturated carbocycles. The van der Waals surface area contributed by atoms with E-state index < -0.39 is 18.0 Å². The van der Waals surface area contributed by atoms with Crippen LogP contribution in [0.1, 0.15) is 12.0 Å². The van der Waals surface area contributed by atoms with Crippen molar-refractivity contribution in [2.45, 2.75) is 19.1 Å². The second-order valence-electron chi connectivity index (χ2n) is 8.50. The van der Waals surface area contributed by atoms with Crippen LogP contribution in [-0.2, 0) is 16.1 Å². The van der Waals surface area contributed by atoms with Gasteiger partial charge in [0.25, 0.3) is 5.91 Å². The predicted molar refractivity (Wildman–Crippen MR) is 140 cm³/mol. The van der Waals surface area contributed by atoms with Crippen LogP contribution in [0.5, 0.6) is 11.5 Å². The summed E-state index contributed by atoms with van der Waals surface area (Å²) in [5.74, 6) is -0.410. The van der Waals surface area contributed by atoms with Crippen LogP contribution in [0.15, 0.2) is 47.9 Å². The first kappa shape index (κ1) is 27.1. The van der Waals surface area contributed by atoms with Crippen LogP contribution in [0.25, 0.3) is 0 Å². The highest BCUT2D eigenvalue weighted by Crippen LogP contribution is 2.28. The van der Waals surface area contributed by atoms with E-state index in [1.165, 1.54) is 24.1 Å². The maximum absolute atomic E-state index is 14.1. The standard InChI is InChI=1S/C25H28FN5O6S/c1-35-22-17(26)3-2-4-19(22)30-24(38)21-18(6-8-28-23(21)32)29-11-15-5-7-27-12-20(15)37-14-16-13-31(25(33)34)9-10-36-16/h2-5,7,12,16,29H,6,8-11,13-14H2,1H3,(H,28,32)(H,30,38)(H,33,34)/t16-/m0/s1. The summed E-state index contributed by atoms with van der Waals surface area (Å²) in [7, 11) is 1.35. The minimum Gasteiger partial charge on any atom is -0.492 e. The van der Waals surface area contributed by atoms with E-state index in [2.05, 4.69) is 20.9 Å². The van der Waals surface area contributed by atoms with Gasteiger partial charge in [0.05, 0.1) is 37.7 Å². The van der Waals surface area contributed by atoms with Gasteiger partial charge in [-0.2, -0.15) is 0 Å². The lowest BCUT2D eigenvalue weighted by atomic mass is 10.1. The number of methoxy groups -OCH3 is 1. The third kappa shape index (κ3) is 6.47. The van der Waals surface area contributed by atoms with E-state index in [9.17, 15) is 19.1 Å². The van der Waals surface area contributed by atoms with Crippen LogP contribution in [0.4, 0.5) is 14.9 Å². The third-order valence-electron chi connectivity index (χ3n) is 6.03. The molecule has 0 aliphatic carbocycles. The maximum atomic E-state index is 14.1. The first-order chi connectivity index (χ1) is 18.4. The number of carbonyl (C=O) groups is 2. The van der Waals surface area contributed by atoms with E-state index in [0.717, 1.165) is 5.56 Å². The zero-order chi connectivity index (χ0) is 27.1. The molecule has 4 rings (SSSR count). The number of halogens is 1. The van der Waals surface area contributed by atoms with E-state index in [-0.39, 0.29) is 35.4 Å². The second kappa shape index (κ2) is 12.5. The number of anilines is 1. The highest BCUT2D eigenvalue weighted by Gasteiger charge is 2.26. The number of para-hydroxylation sites is 1. The lowest BCUT2D eigenvalue weighted by molar-refractivity contribution is -0.117. The molecular formula is C25H28FN5O6S. The molecule has 2 aromatic rings. The van der Waals surface area contributed by atoms with Gasteiger partial charge in [0.15, 0.2) is 11.6 Å². The summed E-state index contributed by atoms with van der Waals surface area (Å²) in [5, 5.41) is 18.2. The van der Waals surface area contributed by atoms with Crippen molar-refractivity contribution in [3.05, 3.63) is 59.3 Å². The Morgan fingerprint density at radius 1 is 1.39 bits per heavy atom. The topological polar surface area (TPSA) is 134 Å². The Bertz CT molecular complexity index is 1240. The minimum absolute atomic E-state index is 0.00632. The van der Waals surface area contributed by atoms with Gasteiger partial charge >= 0.3 is 6.09 Å². The number of nitrogens with zero attached hydrogens (tertiary/aromatic N) is 2. The van der Waals surface area contributed by atoms with Crippen molar-refractivity contribution >= 4 is 34.9 Å². The molecular weight excluding hydrogens is 517 g/mol. The molecule has 1 atom stereocenters. The van der Waals surface area contributed by atoms with Gasteiger partial charge in [-0.05, 0) is 18.2 Å². The number of thiocarbonyl (C=S) groups is 1. The van der Waals surface area contributed by atoms with Crippen molar-refractivity contribution in [3.8, 4) is 11.5 Å². The summed E-state index contributed by atoms with van der Waals surface area (Å²) in [6.45, 7) is 1.73. The average molecular weight is 546 g/mol. The molecule has 2 aliphatic rings. The lowest BCUT2D eigenvalue weighted by Gasteiger charge is -2.31. The molecule has 2 amide bonds. The second-order valence-corrected chi connectivity index (χ2v) is 8.91. The zero-order valence-corrected chi connectivity index (χ0v) is 21.5. The number of aromatic nitrogens is 1. The Hall–Kier alpha value is -3.97. The van der Waals surface area contributed by atoms with Crippen LogP contribution in [0.2, 0.25) is 0 Å². The number of morpholine rings is 1. The van der Waals surface area contributed by atoms with E-state index in [1.54, 1.807) is 24.5 Å². The average Bonchev–Trinajstić information content (AvgIpc) is 2.91.